The zero-order chi connectivity index (χ0) is 20.1. The predicted molar refractivity (Wildman–Crippen MR) is 63.8 cm³/mol. The van der Waals surface area contributed by atoms with Crippen LogP contribution in [0.4, 0.5) is 0 Å². The average molecular weight is 378 g/mol. The molecule has 25 heavy (non-hydrogen) atoms. The van der Waals surface area contributed by atoms with Crippen molar-refractivity contribution in [3.8, 4) is 0 Å². The van der Waals surface area contributed by atoms with E-state index in [-0.39, 0.29) is 0 Å². The van der Waals surface area contributed by atoms with E-state index in [0.29, 0.717) is 0 Å². The lowest BCUT2D eigenvalue weighted by Gasteiger charge is -1.98. The van der Waals surface area contributed by atoms with Crippen LogP contribution in [0.2, 0.25) is 0 Å². The Morgan fingerprint density at radius 1 is 0.640 bits per heavy atom. The van der Waals surface area contributed by atoms with Crippen molar-refractivity contribution >= 4 is 68.9 Å². The van der Waals surface area contributed by atoms with Crippen LogP contribution in [0.1, 0.15) is 0 Å². The predicted octanol–water partition coefficient (Wildman–Crippen LogP) is -4.92. The van der Waals surface area contributed by atoms with Crippen LogP contribution in [0.3, 0.4) is 0 Å². The van der Waals surface area contributed by atoms with E-state index in [4.69, 9.17) is 4.55 Å². The molecule has 132 valence electrons. The van der Waals surface area contributed by atoms with Crippen LogP contribution in [0.15, 0.2) is 0 Å². The summed E-state index contributed by atoms with van der Waals surface area (Å²) >= 11 is 0. The summed E-state index contributed by atoms with van der Waals surface area (Å²) in [4.78, 5) is 109. The van der Waals surface area contributed by atoms with Gasteiger partial charge < -0.3 is 4.18 Å². The SMILES string of the molecule is O=CC(=O)C(=O)C(=O)C(=O)C(=O)C(=O)C(=O)C(=O)C(=O)OS(=O)(=O)O. The minimum atomic E-state index is -5.56. The van der Waals surface area contributed by atoms with Gasteiger partial charge in [0.25, 0.3) is 40.5 Å². The van der Waals surface area contributed by atoms with Crippen LogP contribution in [-0.4, -0.2) is 71.5 Å². The van der Waals surface area contributed by atoms with Gasteiger partial charge in [-0.2, -0.15) is 8.42 Å². The fourth-order valence-corrected chi connectivity index (χ4v) is 1.17. The fraction of sp³-hybridized carbons (Fsp3) is 0. The molecule has 1 N–H and O–H groups in total. The molecule has 0 radical (unpaired) electrons. The summed E-state index contributed by atoms with van der Waals surface area (Å²) in [5.41, 5.74) is 0. The molecule has 0 rings (SSSR count). The molecule has 0 atom stereocenters. The first-order valence-electron chi connectivity index (χ1n) is 5.25. The number of aldehydes is 1. The summed E-state index contributed by atoms with van der Waals surface area (Å²) < 4.78 is 31.4. The molecule has 0 unspecified atom stereocenters. The van der Waals surface area contributed by atoms with Gasteiger partial charge >= 0.3 is 22.2 Å². The van der Waals surface area contributed by atoms with E-state index in [9.17, 15) is 56.4 Å². The summed E-state index contributed by atoms with van der Waals surface area (Å²) in [6.45, 7) is 0. The normalized spacial score (nSPS) is 10.1. The molecule has 15 heteroatoms. The van der Waals surface area contributed by atoms with Gasteiger partial charge in [-0.1, -0.05) is 0 Å². The monoisotopic (exact) mass is 378 g/mol. The maximum atomic E-state index is 11.2. The largest absolute Gasteiger partial charge is 0.449 e. The van der Waals surface area contributed by atoms with Crippen LogP contribution in [0.5, 0.6) is 0 Å². The molecule has 0 aliphatic heterocycles. The third kappa shape index (κ3) is 5.52. The lowest BCUT2D eigenvalue weighted by Crippen LogP contribution is -2.43. The lowest BCUT2D eigenvalue weighted by atomic mass is 10.0. The molecule has 0 saturated carbocycles. The van der Waals surface area contributed by atoms with Gasteiger partial charge in [0.15, 0.2) is 6.29 Å². The first-order valence-corrected chi connectivity index (χ1v) is 6.61. The molecule has 0 amide bonds. The van der Waals surface area contributed by atoms with Crippen molar-refractivity contribution in [3.63, 3.8) is 0 Å². The summed E-state index contributed by atoms with van der Waals surface area (Å²) in [7, 11) is -5.56. The van der Waals surface area contributed by atoms with Gasteiger partial charge in [0.2, 0.25) is 0 Å². The molecule has 0 spiro atoms. The van der Waals surface area contributed by atoms with E-state index in [2.05, 4.69) is 4.18 Å². The quantitative estimate of drug-likeness (QED) is 0.162. The van der Waals surface area contributed by atoms with Crippen molar-refractivity contribution in [3.05, 3.63) is 0 Å². The van der Waals surface area contributed by atoms with Crippen molar-refractivity contribution < 1.29 is 65.1 Å². The Bertz CT molecular complexity index is 869. The molecule has 0 heterocycles. The Morgan fingerprint density at radius 2 is 0.960 bits per heavy atom. The Hall–Kier alpha value is -3.59. The number of hydrogen-bond acceptors (Lipinski definition) is 13. The maximum Gasteiger partial charge on any atom is 0.449 e. The molecule has 0 fully saturated rings. The zero-order valence-corrected chi connectivity index (χ0v) is 12.1. The highest BCUT2D eigenvalue weighted by Gasteiger charge is 2.42. The van der Waals surface area contributed by atoms with Gasteiger partial charge in [-0.25, -0.2) is 4.79 Å². The Kier molecular flexibility index (Phi) is 6.67. The molecule has 14 nitrogen and oxygen atoms in total. The van der Waals surface area contributed by atoms with E-state index in [1.807, 2.05) is 0 Å². The number of Topliss-reactive ketones (excluding diaryl/α,β-unsaturated/α-hetero) is 8. The van der Waals surface area contributed by atoms with E-state index in [0.717, 1.165) is 0 Å². The highest BCUT2D eigenvalue weighted by molar-refractivity contribution is 7.81. The van der Waals surface area contributed by atoms with E-state index in [1.54, 1.807) is 0 Å². The van der Waals surface area contributed by atoms with Crippen LogP contribution in [-0.2, 0) is 62.5 Å². The van der Waals surface area contributed by atoms with Crippen molar-refractivity contribution in [1.82, 2.24) is 0 Å². The van der Waals surface area contributed by atoms with Gasteiger partial charge in [-0.15, -0.1) is 0 Å². The van der Waals surface area contributed by atoms with Crippen molar-refractivity contribution in [1.29, 1.82) is 0 Å². The number of carbonyl (C=O) groups excluding carboxylic acids is 10. The lowest BCUT2D eigenvalue weighted by molar-refractivity contribution is -0.157. The standard InChI is InChI=1S/C10H2O14S/c11-1-2(12)3(13)4(14)5(15)6(16)7(17)8(18)9(19)10(20)24-25(21,22)23/h1H,(H,21,22,23). The Balaban J connectivity index is 5.32. The smallest absolute Gasteiger partial charge is 0.317 e. The highest BCUT2D eigenvalue weighted by atomic mass is 32.3. The Morgan fingerprint density at radius 3 is 1.28 bits per heavy atom. The van der Waals surface area contributed by atoms with Crippen molar-refractivity contribution in [2.75, 3.05) is 0 Å². The van der Waals surface area contributed by atoms with Gasteiger partial charge in [-0.05, 0) is 0 Å². The van der Waals surface area contributed by atoms with Crippen LogP contribution in [0, 0.1) is 0 Å². The number of carbonyl (C=O) groups is 10. The molecule has 0 saturated heterocycles. The molecule has 0 bridgehead atoms. The molecule has 0 aromatic rings. The van der Waals surface area contributed by atoms with E-state index >= 15 is 0 Å². The molecule has 0 aromatic heterocycles. The fourth-order valence-electron chi connectivity index (χ4n) is 0.907. The molecular formula is C10H2O14S. The summed E-state index contributed by atoms with van der Waals surface area (Å²) in [5.74, 6) is -22.6. The van der Waals surface area contributed by atoms with Crippen LogP contribution in [0.25, 0.3) is 0 Å². The first-order chi connectivity index (χ1) is 11.2. The van der Waals surface area contributed by atoms with Gasteiger partial charge in [0.05, 0.1) is 0 Å². The molecule has 0 aliphatic carbocycles. The first kappa shape index (κ1) is 21.4. The minimum Gasteiger partial charge on any atom is -0.317 e. The average Bonchev–Trinajstić information content (AvgIpc) is 2.54. The molecule has 0 aromatic carbocycles. The minimum absolute atomic E-state index is 0.695. The third-order valence-electron chi connectivity index (χ3n) is 1.93. The second-order valence-corrected chi connectivity index (χ2v) is 4.61. The second-order valence-electron chi connectivity index (χ2n) is 3.58. The Labute approximate surface area is 135 Å². The number of rotatable bonds is 10. The summed E-state index contributed by atoms with van der Waals surface area (Å²) in [6.07, 6.45) is -0.695. The number of hydrogen-bond donors (Lipinski definition) is 1. The summed E-state index contributed by atoms with van der Waals surface area (Å²) in [6, 6.07) is 0. The highest BCUT2D eigenvalue weighted by Crippen LogP contribution is 1.95. The van der Waals surface area contributed by atoms with E-state index in [1.165, 1.54) is 0 Å². The van der Waals surface area contributed by atoms with Crippen molar-refractivity contribution in [2.24, 2.45) is 0 Å². The van der Waals surface area contributed by atoms with Gasteiger partial charge in [-0.3, -0.25) is 47.7 Å². The van der Waals surface area contributed by atoms with Crippen molar-refractivity contribution in [2.45, 2.75) is 0 Å². The third-order valence-corrected chi connectivity index (χ3v) is 2.30. The van der Waals surface area contributed by atoms with Gasteiger partial charge in [0.1, 0.15) is 0 Å². The number of ketones is 8. The maximum absolute atomic E-state index is 11.2. The van der Waals surface area contributed by atoms with Crippen LogP contribution < -0.4 is 0 Å². The second kappa shape index (κ2) is 7.79. The summed E-state index contributed by atoms with van der Waals surface area (Å²) in [5, 5.41) is 0. The van der Waals surface area contributed by atoms with E-state index < -0.39 is 68.9 Å². The van der Waals surface area contributed by atoms with Gasteiger partial charge in [0, 0.05) is 0 Å². The van der Waals surface area contributed by atoms with Crippen LogP contribution >= 0.6 is 0 Å². The molecular weight excluding hydrogens is 376 g/mol. The topological polar surface area (TPSA) is 234 Å². The zero-order valence-electron chi connectivity index (χ0n) is 11.2. The molecule has 0 aliphatic rings.